The van der Waals surface area contributed by atoms with Gasteiger partial charge in [0.2, 0.25) is 12.5 Å². The lowest BCUT2D eigenvalue weighted by Crippen LogP contribution is -2.35. The number of piperidine rings is 1. The van der Waals surface area contributed by atoms with Crippen LogP contribution in [-0.4, -0.2) is 62.3 Å². The first-order chi connectivity index (χ1) is 18.2. The lowest BCUT2D eigenvalue weighted by atomic mass is 9.92. The summed E-state index contributed by atoms with van der Waals surface area (Å²) in [6, 6.07) is 13.5. The number of carbonyl (C=O) groups excluding carboxylic acids is 1. The molecule has 1 aliphatic rings. The fourth-order valence-electron chi connectivity index (χ4n) is 4.20. The number of rotatable bonds is 14. The van der Waals surface area contributed by atoms with E-state index in [-0.39, 0.29) is 5.84 Å². The van der Waals surface area contributed by atoms with Crippen molar-refractivity contribution in [2.75, 3.05) is 39.5 Å². The maximum atomic E-state index is 12.1. The van der Waals surface area contributed by atoms with Gasteiger partial charge in [0.25, 0.3) is 0 Å². The van der Waals surface area contributed by atoms with Crippen LogP contribution in [0.25, 0.3) is 0 Å². The van der Waals surface area contributed by atoms with Crippen LogP contribution in [0.5, 0.6) is 11.5 Å². The molecule has 4 N–H and O–H groups in total. The number of nitrogens with two attached hydrogens (primary N) is 2. The normalized spacial score (nSPS) is 15.3. The topological polar surface area (TPSA) is 112 Å². The summed E-state index contributed by atoms with van der Waals surface area (Å²) in [5.74, 6) is 1.51. The number of nitrogens with zero attached hydrogens (tertiary/aromatic N) is 2. The minimum atomic E-state index is -4.46. The molecule has 0 unspecified atom stereocenters. The second-order valence-corrected chi connectivity index (χ2v) is 9.26. The van der Waals surface area contributed by atoms with Crippen LogP contribution in [-0.2, 0) is 4.84 Å². The van der Waals surface area contributed by atoms with Crippen LogP contribution in [0.15, 0.2) is 53.7 Å². The smallest absolute Gasteiger partial charge is 0.425 e. The molecule has 0 radical (unpaired) electrons. The summed E-state index contributed by atoms with van der Waals surface area (Å²) in [6.45, 7) is 2.88. The lowest BCUT2D eigenvalue weighted by molar-refractivity contribution is -0.173. The van der Waals surface area contributed by atoms with Crippen molar-refractivity contribution in [1.82, 2.24) is 4.90 Å². The molecule has 208 valence electrons. The molecule has 3 rings (SSSR count). The van der Waals surface area contributed by atoms with E-state index in [1.165, 1.54) is 12.8 Å². The SMILES string of the molecule is NC(=O)c1ccc(OCCCN2CCC(CCCOc3ccc(C(N)=NOCC(F)(F)F)cc3)CC2)cc1. The summed E-state index contributed by atoms with van der Waals surface area (Å²) in [4.78, 5) is 17.8. The van der Waals surface area contributed by atoms with Gasteiger partial charge < -0.3 is 30.7 Å². The highest BCUT2D eigenvalue weighted by molar-refractivity contribution is 5.97. The highest BCUT2D eigenvalue weighted by atomic mass is 19.4. The van der Waals surface area contributed by atoms with E-state index >= 15 is 0 Å². The molecule has 0 saturated carbocycles. The molecule has 11 heteroatoms. The van der Waals surface area contributed by atoms with Crippen LogP contribution < -0.4 is 20.9 Å². The first-order valence-corrected chi connectivity index (χ1v) is 12.7. The molecule has 8 nitrogen and oxygen atoms in total. The zero-order valence-electron chi connectivity index (χ0n) is 21.3. The number of likely N-dealkylation sites (tertiary alicyclic amines) is 1. The highest BCUT2D eigenvalue weighted by Crippen LogP contribution is 2.23. The molecule has 0 aliphatic carbocycles. The molecule has 2 aromatic carbocycles. The first-order valence-electron chi connectivity index (χ1n) is 12.7. The van der Waals surface area contributed by atoms with E-state index in [9.17, 15) is 18.0 Å². The fourth-order valence-corrected chi connectivity index (χ4v) is 4.20. The zero-order valence-corrected chi connectivity index (χ0v) is 21.3. The van der Waals surface area contributed by atoms with Crippen molar-refractivity contribution < 1.29 is 32.3 Å². The van der Waals surface area contributed by atoms with Gasteiger partial charge in [-0.1, -0.05) is 5.16 Å². The van der Waals surface area contributed by atoms with Crippen LogP contribution in [0.2, 0.25) is 0 Å². The van der Waals surface area contributed by atoms with Crippen molar-refractivity contribution in [3.8, 4) is 11.5 Å². The Morgan fingerprint density at radius 3 is 2.00 bits per heavy atom. The minimum Gasteiger partial charge on any atom is -0.494 e. The molecule has 0 spiro atoms. The van der Waals surface area contributed by atoms with Gasteiger partial charge in [0, 0.05) is 17.7 Å². The third-order valence-electron chi connectivity index (χ3n) is 6.30. The van der Waals surface area contributed by atoms with Crippen molar-refractivity contribution in [2.45, 2.75) is 38.3 Å². The average Bonchev–Trinajstić information content (AvgIpc) is 2.89. The second-order valence-electron chi connectivity index (χ2n) is 9.26. The Morgan fingerprint density at radius 1 is 0.895 bits per heavy atom. The van der Waals surface area contributed by atoms with Gasteiger partial charge in [0.15, 0.2) is 5.84 Å². The van der Waals surface area contributed by atoms with Gasteiger partial charge in [-0.3, -0.25) is 4.79 Å². The van der Waals surface area contributed by atoms with Gasteiger partial charge in [0.1, 0.15) is 11.5 Å². The molecule has 1 heterocycles. The zero-order chi connectivity index (χ0) is 27.4. The van der Waals surface area contributed by atoms with Crippen LogP contribution >= 0.6 is 0 Å². The van der Waals surface area contributed by atoms with Gasteiger partial charge in [-0.2, -0.15) is 13.2 Å². The van der Waals surface area contributed by atoms with Gasteiger partial charge in [-0.05, 0) is 99.6 Å². The molecular formula is C27H35F3N4O4. The fraction of sp³-hybridized carbons (Fsp3) is 0.481. The Kier molecular flexibility index (Phi) is 11.1. The number of halogens is 3. The third kappa shape index (κ3) is 10.5. The highest BCUT2D eigenvalue weighted by Gasteiger charge is 2.28. The third-order valence-corrected chi connectivity index (χ3v) is 6.30. The molecule has 0 aromatic heterocycles. The summed E-state index contributed by atoms with van der Waals surface area (Å²) in [7, 11) is 0. The molecule has 0 bridgehead atoms. The van der Waals surface area contributed by atoms with Crippen molar-refractivity contribution in [2.24, 2.45) is 22.5 Å². The van der Waals surface area contributed by atoms with E-state index in [2.05, 4.69) is 14.9 Å². The van der Waals surface area contributed by atoms with Gasteiger partial charge in [0.05, 0.1) is 13.2 Å². The van der Waals surface area contributed by atoms with E-state index in [1.54, 1.807) is 48.5 Å². The number of carbonyl (C=O) groups is 1. The maximum absolute atomic E-state index is 12.1. The Morgan fingerprint density at radius 2 is 1.45 bits per heavy atom. The predicted octanol–water partition coefficient (Wildman–Crippen LogP) is 4.32. The average molecular weight is 537 g/mol. The number of amidine groups is 1. The van der Waals surface area contributed by atoms with Crippen molar-refractivity contribution >= 4 is 11.7 Å². The van der Waals surface area contributed by atoms with E-state index in [0.29, 0.717) is 36.0 Å². The van der Waals surface area contributed by atoms with Crippen molar-refractivity contribution in [3.63, 3.8) is 0 Å². The Bertz CT molecular complexity index is 1020. The Labute approximate surface area is 220 Å². The monoisotopic (exact) mass is 536 g/mol. The molecule has 0 atom stereocenters. The number of hydrogen-bond acceptors (Lipinski definition) is 6. The number of benzene rings is 2. The molecule has 2 aromatic rings. The summed E-state index contributed by atoms with van der Waals surface area (Å²) < 4.78 is 47.9. The number of amides is 1. The number of alkyl halides is 3. The van der Waals surface area contributed by atoms with Crippen molar-refractivity contribution in [3.05, 3.63) is 59.7 Å². The van der Waals surface area contributed by atoms with Crippen LogP contribution in [0, 0.1) is 5.92 Å². The standard InChI is InChI=1S/C27H35F3N4O4/c28-27(29,30)19-38-33-25(31)21-4-8-23(9-5-21)36-17-1-3-20-12-15-34(16-13-20)14-2-18-37-24-10-6-22(7-11-24)26(32)35/h4-11,20H,1-3,12-19H2,(H2,31,33)(H2,32,35). The summed E-state index contributed by atoms with van der Waals surface area (Å²) >= 11 is 0. The minimum absolute atomic E-state index is 0.129. The first kappa shape index (κ1) is 29.1. The summed E-state index contributed by atoms with van der Waals surface area (Å²) in [6.07, 6.45) is 0.861. The molecule has 38 heavy (non-hydrogen) atoms. The molecule has 1 amide bonds. The van der Waals surface area contributed by atoms with Crippen LogP contribution in [0.4, 0.5) is 13.2 Å². The summed E-state index contributed by atoms with van der Waals surface area (Å²) in [5, 5.41) is 3.29. The van der Waals surface area contributed by atoms with Crippen LogP contribution in [0.1, 0.15) is 48.0 Å². The van der Waals surface area contributed by atoms with Gasteiger partial charge in [-0.25, -0.2) is 0 Å². The van der Waals surface area contributed by atoms with E-state index < -0.39 is 18.7 Å². The number of oxime groups is 1. The quantitative estimate of drug-likeness (QED) is 0.161. The number of ether oxygens (including phenoxy) is 2. The maximum Gasteiger partial charge on any atom is 0.425 e. The predicted molar refractivity (Wildman–Crippen MR) is 138 cm³/mol. The Balaban J connectivity index is 1.24. The van der Waals surface area contributed by atoms with Gasteiger partial charge >= 0.3 is 6.18 Å². The Hall–Kier alpha value is -3.47. The summed E-state index contributed by atoms with van der Waals surface area (Å²) in [5.41, 5.74) is 11.8. The van der Waals surface area contributed by atoms with E-state index in [4.69, 9.17) is 20.9 Å². The van der Waals surface area contributed by atoms with Crippen LogP contribution in [0.3, 0.4) is 0 Å². The largest absolute Gasteiger partial charge is 0.494 e. The lowest BCUT2D eigenvalue weighted by Gasteiger charge is -2.32. The number of primary amides is 1. The van der Waals surface area contributed by atoms with Gasteiger partial charge in [-0.15, -0.1) is 0 Å². The van der Waals surface area contributed by atoms with E-state index in [0.717, 1.165) is 44.6 Å². The second kappa shape index (κ2) is 14.5. The van der Waals surface area contributed by atoms with Crippen molar-refractivity contribution in [1.29, 1.82) is 0 Å². The molecule has 1 fully saturated rings. The molecule has 1 aliphatic heterocycles. The number of hydrogen-bond donors (Lipinski definition) is 2. The molecular weight excluding hydrogens is 501 g/mol. The van der Waals surface area contributed by atoms with E-state index in [1.807, 2.05) is 0 Å². The molecule has 1 saturated heterocycles.